The first-order valence-electron chi connectivity index (χ1n) is 7.75. The van der Waals surface area contributed by atoms with Gasteiger partial charge in [0, 0.05) is 10.4 Å². The molecule has 0 spiro atoms. The third kappa shape index (κ3) is 3.80. The van der Waals surface area contributed by atoms with Gasteiger partial charge in [0.05, 0.1) is 23.9 Å². The van der Waals surface area contributed by atoms with Gasteiger partial charge in [-0.2, -0.15) is 5.10 Å². The predicted octanol–water partition coefficient (Wildman–Crippen LogP) is 3.09. The fourth-order valence-electron chi connectivity index (χ4n) is 2.45. The Morgan fingerprint density at radius 3 is 2.88 bits per heavy atom. The number of anilines is 1. The van der Waals surface area contributed by atoms with E-state index in [1.165, 1.54) is 0 Å². The van der Waals surface area contributed by atoms with E-state index >= 15 is 0 Å². The standard InChI is InChI=1S/C18H16ClN3O3/c1-2-25-16-8-7-13(19)9-15(16)21-17(23)11-22-18(24)14-6-4-3-5-12(14)10-20-22/h3-10H,2,11H2,1H3,(H,21,23). The topological polar surface area (TPSA) is 73.2 Å². The number of nitrogens with zero attached hydrogens (tertiary/aromatic N) is 2. The number of carbonyl (C=O) groups excluding carboxylic acids is 1. The van der Waals surface area contributed by atoms with Crippen LogP contribution in [0.5, 0.6) is 5.75 Å². The van der Waals surface area contributed by atoms with Crippen LogP contribution in [-0.2, 0) is 11.3 Å². The summed E-state index contributed by atoms with van der Waals surface area (Å²) in [7, 11) is 0. The van der Waals surface area contributed by atoms with Crippen LogP contribution in [-0.4, -0.2) is 22.3 Å². The molecule has 6 nitrogen and oxygen atoms in total. The molecule has 128 valence electrons. The average molecular weight is 358 g/mol. The van der Waals surface area contributed by atoms with Gasteiger partial charge in [0.15, 0.2) is 0 Å². The molecule has 1 amide bonds. The lowest BCUT2D eigenvalue weighted by Gasteiger charge is -2.12. The predicted molar refractivity (Wildman–Crippen MR) is 97.3 cm³/mol. The van der Waals surface area contributed by atoms with Crippen LogP contribution in [0, 0.1) is 0 Å². The van der Waals surface area contributed by atoms with Gasteiger partial charge < -0.3 is 10.1 Å². The number of carbonyl (C=O) groups is 1. The fraction of sp³-hybridized carbons (Fsp3) is 0.167. The largest absolute Gasteiger partial charge is 0.492 e. The van der Waals surface area contributed by atoms with Gasteiger partial charge in [0.25, 0.3) is 5.56 Å². The van der Waals surface area contributed by atoms with E-state index in [0.29, 0.717) is 28.5 Å². The molecule has 1 N–H and O–H groups in total. The molecule has 2 aromatic carbocycles. The van der Waals surface area contributed by atoms with Gasteiger partial charge in [-0.25, -0.2) is 4.68 Å². The van der Waals surface area contributed by atoms with E-state index in [9.17, 15) is 9.59 Å². The summed E-state index contributed by atoms with van der Waals surface area (Å²) >= 11 is 5.98. The van der Waals surface area contributed by atoms with Crippen LogP contribution in [0.4, 0.5) is 5.69 Å². The number of amides is 1. The molecule has 0 unspecified atom stereocenters. The molecular weight excluding hydrogens is 342 g/mol. The summed E-state index contributed by atoms with van der Waals surface area (Å²) in [6, 6.07) is 12.1. The van der Waals surface area contributed by atoms with Crippen LogP contribution in [0.3, 0.4) is 0 Å². The summed E-state index contributed by atoms with van der Waals surface area (Å²) in [6.07, 6.45) is 1.56. The molecule has 0 bridgehead atoms. The average Bonchev–Trinajstić information content (AvgIpc) is 2.60. The zero-order chi connectivity index (χ0) is 17.8. The maximum atomic E-state index is 12.4. The van der Waals surface area contributed by atoms with Crippen molar-refractivity contribution in [2.45, 2.75) is 13.5 Å². The molecule has 0 aliphatic heterocycles. The summed E-state index contributed by atoms with van der Waals surface area (Å²) in [5.74, 6) is 0.118. The van der Waals surface area contributed by atoms with Crippen LogP contribution >= 0.6 is 11.6 Å². The highest BCUT2D eigenvalue weighted by Gasteiger charge is 2.12. The lowest BCUT2D eigenvalue weighted by Crippen LogP contribution is -2.29. The van der Waals surface area contributed by atoms with Gasteiger partial charge in [-0.15, -0.1) is 0 Å². The first kappa shape index (κ1) is 17.0. The van der Waals surface area contributed by atoms with Crippen LogP contribution in [0.15, 0.2) is 53.5 Å². The number of rotatable bonds is 5. The first-order chi connectivity index (χ1) is 12.1. The summed E-state index contributed by atoms with van der Waals surface area (Å²) in [5, 5.41) is 8.48. The highest BCUT2D eigenvalue weighted by Crippen LogP contribution is 2.28. The molecule has 0 saturated heterocycles. The Labute approximate surface area is 149 Å². The van der Waals surface area contributed by atoms with Crippen LogP contribution < -0.4 is 15.6 Å². The summed E-state index contributed by atoms with van der Waals surface area (Å²) in [4.78, 5) is 24.7. The molecule has 3 aromatic rings. The normalized spacial score (nSPS) is 10.6. The maximum absolute atomic E-state index is 12.4. The van der Waals surface area contributed by atoms with Crippen molar-refractivity contribution in [2.24, 2.45) is 0 Å². The lowest BCUT2D eigenvalue weighted by molar-refractivity contribution is -0.117. The minimum absolute atomic E-state index is 0.207. The van der Waals surface area contributed by atoms with E-state index in [1.54, 1.807) is 42.6 Å². The molecular formula is C18H16ClN3O3. The number of hydrogen-bond donors (Lipinski definition) is 1. The van der Waals surface area contributed by atoms with Crippen molar-refractivity contribution in [3.05, 3.63) is 64.0 Å². The van der Waals surface area contributed by atoms with Crippen LogP contribution in [0.2, 0.25) is 5.02 Å². The third-order valence-electron chi connectivity index (χ3n) is 3.57. The van der Waals surface area contributed by atoms with E-state index < -0.39 is 5.91 Å². The smallest absolute Gasteiger partial charge is 0.275 e. The molecule has 0 aliphatic rings. The Hall–Kier alpha value is -2.86. The van der Waals surface area contributed by atoms with Crippen molar-refractivity contribution in [2.75, 3.05) is 11.9 Å². The Balaban J connectivity index is 1.83. The number of hydrogen-bond acceptors (Lipinski definition) is 4. The molecule has 0 radical (unpaired) electrons. The molecule has 25 heavy (non-hydrogen) atoms. The minimum atomic E-state index is -0.395. The molecule has 0 aliphatic carbocycles. The summed E-state index contributed by atoms with van der Waals surface area (Å²) in [5.41, 5.74) is 0.137. The maximum Gasteiger partial charge on any atom is 0.275 e. The highest BCUT2D eigenvalue weighted by atomic mass is 35.5. The second-order valence-corrected chi connectivity index (χ2v) is 5.75. The zero-order valence-corrected chi connectivity index (χ0v) is 14.3. The summed E-state index contributed by atoms with van der Waals surface area (Å²) in [6.45, 7) is 2.09. The molecule has 3 rings (SSSR count). The van der Waals surface area contributed by atoms with Crippen molar-refractivity contribution in [3.8, 4) is 5.75 Å². The van der Waals surface area contributed by atoms with Crippen molar-refractivity contribution >= 4 is 34.0 Å². The number of aromatic nitrogens is 2. The first-order valence-corrected chi connectivity index (χ1v) is 8.13. The van der Waals surface area contributed by atoms with E-state index in [0.717, 1.165) is 10.1 Å². The summed E-state index contributed by atoms with van der Waals surface area (Å²) < 4.78 is 6.59. The molecule has 1 aromatic heterocycles. The molecule has 0 fully saturated rings. The Morgan fingerprint density at radius 1 is 1.28 bits per heavy atom. The number of nitrogens with one attached hydrogen (secondary N) is 1. The van der Waals surface area contributed by atoms with E-state index in [1.807, 2.05) is 13.0 Å². The second kappa shape index (κ2) is 7.36. The minimum Gasteiger partial charge on any atom is -0.492 e. The number of ether oxygens (including phenoxy) is 1. The van der Waals surface area contributed by atoms with E-state index in [4.69, 9.17) is 16.3 Å². The SMILES string of the molecule is CCOc1ccc(Cl)cc1NC(=O)Cn1ncc2ccccc2c1=O. The zero-order valence-electron chi connectivity index (χ0n) is 13.5. The molecule has 7 heteroatoms. The lowest BCUT2D eigenvalue weighted by atomic mass is 10.2. The third-order valence-corrected chi connectivity index (χ3v) is 3.81. The number of benzene rings is 2. The second-order valence-electron chi connectivity index (χ2n) is 5.32. The van der Waals surface area contributed by atoms with Gasteiger partial charge >= 0.3 is 0 Å². The van der Waals surface area contributed by atoms with Crippen molar-refractivity contribution < 1.29 is 9.53 Å². The number of fused-ring (bicyclic) bond motifs is 1. The Kier molecular flexibility index (Phi) is 5.00. The van der Waals surface area contributed by atoms with Gasteiger partial charge in [-0.05, 0) is 31.2 Å². The monoisotopic (exact) mass is 357 g/mol. The van der Waals surface area contributed by atoms with E-state index in [-0.39, 0.29) is 12.1 Å². The molecule has 1 heterocycles. The number of halogens is 1. The Bertz CT molecular complexity index is 985. The molecule has 0 saturated carbocycles. The fourth-order valence-corrected chi connectivity index (χ4v) is 2.62. The molecule has 0 atom stereocenters. The van der Waals surface area contributed by atoms with E-state index in [2.05, 4.69) is 10.4 Å². The van der Waals surface area contributed by atoms with Gasteiger partial charge in [0.1, 0.15) is 12.3 Å². The van der Waals surface area contributed by atoms with Gasteiger partial charge in [0.2, 0.25) is 5.91 Å². The van der Waals surface area contributed by atoms with Crippen molar-refractivity contribution in [1.82, 2.24) is 9.78 Å². The highest BCUT2D eigenvalue weighted by molar-refractivity contribution is 6.31. The van der Waals surface area contributed by atoms with Crippen molar-refractivity contribution in [1.29, 1.82) is 0 Å². The Morgan fingerprint density at radius 2 is 2.08 bits per heavy atom. The van der Waals surface area contributed by atoms with Crippen LogP contribution in [0.25, 0.3) is 10.8 Å². The van der Waals surface area contributed by atoms with Gasteiger partial charge in [-0.1, -0.05) is 29.8 Å². The van der Waals surface area contributed by atoms with Crippen LogP contribution in [0.1, 0.15) is 6.92 Å². The van der Waals surface area contributed by atoms with Gasteiger partial charge in [-0.3, -0.25) is 9.59 Å². The van der Waals surface area contributed by atoms with Crippen molar-refractivity contribution in [3.63, 3.8) is 0 Å². The quantitative estimate of drug-likeness (QED) is 0.761.